The summed E-state index contributed by atoms with van der Waals surface area (Å²) in [6.45, 7) is 0. The van der Waals surface area contributed by atoms with E-state index < -0.39 is 28.3 Å². The van der Waals surface area contributed by atoms with Gasteiger partial charge in [0, 0.05) is 0 Å². The second kappa shape index (κ2) is 2.68. The van der Waals surface area contributed by atoms with Gasteiger partial charge in [0.05, 0.1) is 0 Å². The molecule has 0 aromatic carbocycles. The van der Waals surface area contributed by atoms with Gasteiger partial charge in [0.1, 0.15) is 0 Å². The molecule has 2 N–H and O–H groups in total. The summed E-state index contributed by atoms with van der Waals surface area (Å²) in [7, 11) is 0. The summed E-state index contributed by atoms with van der Waals surface area (Å²) in [5.74, 6) is 0. The van der Waals surface area contributed by atoms with Crippen molar-refractivity contribution < 1.29 is 18.4 Å². The molecule has 0 aromatic heterocycles. The molecular weight excluding hydrogens is 254 g/mol. The fourth-order valence-corrected chi connectivity index (χ4v) is 7.59. The first-order valence-corrected chi connectivity index (χ1v) is 10.5. The Morgan fingerprint density at radius 2 is 1.33 bits per heavy atom. The van der Waals surface area contributed by atoms with Crippen LogP contribution in [0.4, 0.5) is 0 Å². The van der Waals surface area contributed by atoms with Gasteiger partial charge >= 0.3 is 58.2 Å². The van der Waals surface area contributed by atoms with Gasteiger partial charge in [0.2, 0.25) is 0 Å². The molecule has 0 aliphatic heterocycles. The Hall–Kier alpha value is 0.597. The second-order valence-electron chi connectivity index (χ2n) is 1.69. The first kappa shape index (κ1) is 9.60. The molecule has 0 fully saturated rings. The molecule has 56 valence electrons. The first-order valence-electron chi connectivity index (χ1n) is 2.02. The van der Waals surface area contributed by atoms with Crippen LogP contribution in [0.25, 0.3) is 0 Å². The van der Waals surface area contributed by atoms with E-state index in [0.717, 1.165) is 11.4 Å². The van der Waals surface area contributed by atoms with Crippen molar-refractivity contribution in [1.29, 1.82) is 0 Å². The topological polar surface area (TPSA) is 83.8 Å². The van der Waals surface area contributed by atoms with Crippen molar-refractivity contribution in [1.82, 2.24) is 0 Å². The maximum atomic E-state index is 10.3. The minimum absolute atomic E-state index is 0.923. The third-order valence-electron chi connectivity index (χ3n) is 0.303. The van der Waals surface area contributed by atoms with Crippen LogP contribution in [0.5, 0.6) is 0 Å². The molecule has 0 heterocycles. The van der Waals surface area contributed by atoms with Crippen LogP contribution in [0.1, 0.15) is 0 Å². The van der Waals surface area contributed by atoms with Gasteiger partial charge in [0.15, 0.2) is 0 Å². The monoisotopic (exact) mass is 262 g/mol. The average molecular weight is 262 g/mol. The molecule has 0 radical (unpaired) electrons. The SMILES string of the molecule is C[As](=O)(O)O[As](C)(=O)O. The van der Waals surface area contributed by atoms with Crippen molar-refractivity contribution in [3.63, 3.8) is 0 Å². The minimum atomic E-state index is -4.33. The van der Waals surface area contributed by atoms with Gasteiger partial charge in [-0.15, -0.1) is 0 Å². The van der Waals surface area contributed by atoms with Crippen molar-refractivity contribution in [2.75, 3.05) is 0 Å². The summed E-state index contributed by atoms with van der Waals surface area (Å²) in [5.41, 5.74) is 1.85. The number of hydrogen-bond acceptors (Lipinski definition) is 3. The van der Waals surface area contributed by atoms with Crippen molar-refractivity contribution in [2.24, 2.45) is 0 Å². The van der Waals surface area contributed by atoms with Crippen LogP contribution >= 0.6 is 0 Å². The molecule has 0 bridgehead atoms. The van der Waals surface area contributed by atoms with Gasteiger partial charge < -0.3 is 0 Å². The summed E-state index contributed by atoms with van der Waals surface area (Å²) < 4.78 is 41.4. The van der Waals surface area contributed by atoms with E-state index in [9.17, 15) is 7.48 Å². The van der Waals surface area contributed by atoms with E-state index >= 15 is 0 Å². The van der Waals surface area contributed by atoms with Crippen LogP contribution in [-0.2, 0) is 10.2 Å². The van der Waals surface area contributed by atoms with Crippen molar-refractivity contribution in [3.8, 4) is 0 Å². The molecule has 0 atom stereocenters. The van der Waals surface area contributed by atoms with Gasteiger partial charge in [-0.05, 0) is 0 Å². The predicted molar refractivity (Wildman–Crippen MR) is 30.1 cm³/mol. The third kappa shape index (κ3) is 8.60. The van der Waals surface area contributed by atoms with Crippen LogP contribution in [0, 0.1) is 0 Å². The molecule has 0 aromatic rings. The zero-order valence-corrected chi connectivity index (χ0v) is 8.77. The van der Waals surface area contributed by atoms with Gasteiger partial charge in [0.25, 0.3) is 0 Å². The fourth-order valence-electron chi connectivity index (χ4n) is 0.281. The Balaban J connectivity index is 4.07. The van der Waals surface area contributed by atoms with Crippen LogP contribution in [0.2, 0.25) is 11.4 Å². The van der Waals surface area contributed by atoms with E-state index in [2.05, 4.69) is 2.72 Å². The Bertz CT molecular complexity index is 153. The van der Waals surface area contributed by atoms with E-state index in [1.807, 2.05) is 0 Å². The standard InChI is InChI=1S/C2H8As2O5/c1-3(5,6)9-4(2,7)8/h1-2H3,(H,5,6)(H,7,8). The average Bonchev–Trinajstić information content (AvgIpc) is 1.14. The molecular formula is C2H8As2O5. The molecule has 0 spiro atoms. The van der Waals surface area contributed by atoms with Crippen molar-refractivity contribution >= 4 is 28.3 Å². The summed E-state index contributed by atoms with van der Waals surface area (Å²) in [6.07, 6.45) is 0. The first-order chi connectivity index (χ1) is 3.71. The van der Waals surface area contributed by atoms with E-state index in [-0.39, 0.29) is 0 Å². The van der Waals surface area contributed by atoms with Crippen LogP contribution in [0.15, 0.2) is 0 Å². The van der Waals surface area contributed by atoms with Crippen molar-refractivity contribution in [2.45, 2.75) is 11.4 Å². The van der Waals surface area contributed by atoms with Gasteiger partial charge in [-0.25, -0.2) is 0 Å². The van der Waals surface area contributed by atoms with Crippen molar-refractivity contribution in [3.05, 3.63) is 0 Å². The Labute approximate surface area is 58.4 Å². The molecule has 0 aliphatic carbocycles. The number of rotatable bonds is 2. The zero-order chi connectivity index (χ0) is 7.71. The van der Waals surface area contributed by atoms with E-state index in [1.165, 1.54) is 0 Å². The Morgan fingerprint density at radius 1 is 1.11 bits per heavy atom. The van der Waals surface area contributed by atoms with Crippen LogP contribution in [-0.4, -0.2) is 36.5 Å². The normalized spacial score (nSPS) is 24.4. The molecule has 0 saturated carbocycles. The van der Waals surface area contributed by atoms with Gasteiger partial charge in [-0.3, -0.25) is 0 Å². The third-order valence-corrected chi connectivity index (χ3v) is 8.18. The summed E-state index contributed by atoms with van der Waals surface area (Å²) >= 11 is -8.66. The molecule has 0 rings (SSSR count). The molecule has 0 amide bonds. The molecule has 0 aliphatic rings. The summed E-state index contributed by atoms with van der Waals surface area (Å²) in [5, 5.41) is 0. The van der Waals surface area contributed by atoms with E-state index in [1.54, 1.807) is 0 Å². The predicted octanol–water partition coefficient (Wildman–Crippen LogP) is -1.01. The Kier molecular flexibility index (Phi) is 2.86. The van der Waals surface area contributed by atoms with Crippen LogP contribution in [0.3, 0.4) is 0 Å². The molecule has 0 unspecified atom stereocenters. The molecule has 0 saturated heterocycles. The van der Waals surface area contributed by atoms with Crippen LogP contribution < -0.4 is 0 Å². The summed E-state index contributed by atoms with van der Waals surface area (Å²) in [4.78, 5) is 0. The summed E-state index contributed by atoms with van der Waals surface area (Å²) in [6, 6.07) is 0. The molecule has 5 nitrogen and oxygen atoms in total. The van der Waals surface area contributed by atoms with E-state index in [0.29, 0.717) is 0 Å². The van der Waals surface area contributed by atoms with E-state index in [4.69, 9.17) is 8.19 Å². The molecule has 9 heavy (non-hydrogen) atoms. The zero-order valence-electron chi connectivity index (χ0n) is 5.01. The fraction of sp³-hybridized carbons (Fsp3) is 1.00. The quantitative estimate of drug-likeness (QED) is 0.622. The second-order valence-corrected chi connectivity index (χ2v) is 10.5. The van der Waals surface area contributed by atoms with Gasteiger partial charge in [-0.1, -0.05) is 0 Å². The Morgan fingerprint density at radius 3 is 1.33 bits per heavy atom. The number of hydrogen-bond donors (Lipinski definition) is 2. The molecule has 7 heteroatoms. The maximum absolute atomic E-state index is 10.3. The van der Waals surface area contributed by atoms with Gasteiger partial charge in [-0.2, -0.15) is 0 Å².